The summed E-state index contributed by atoms with van der Waals surface area (Å²) >= 11 is 0. The fourth-order valence-corrected chi connectivity index (χ4v) is 5.49. The first-order chi connectivity index (χ1) is 22.0. The molecule has 0 saturated carbocycles. The van der Waals surface area contributed by atoms with Crippen LogP contribution in [0.2, 0.25) is 0 Å². The molecule has 0 fully saturated rings. The van der Waals surface area contributed by atoms with Gasteiger partial charge >= 0.3 is 11.9 Å². The van der Waals surface area contributed by atoms with Crippen LogP contribution in [0.15, 0.2) is 24.3 Å². The average molecular weight is 634 g/mol. The van der Waals surface area contributed by atoms with E-state index in [1.165, 1.54) is 116 Å². The number of likely N-dealkylation sites (N-methyl/N-ethyl adjacent to an activating group) is 1. The highest BCUT2D eigenvalue weighted by molar-refractivity contribution is 5.71. The van der Waals surface area contributed by atoms with Crippen molar-refractivity contribution in [3.05, 3.63) is 24.3 Å². The molecule has 0 aromatic heterocycles. The molecule has 0 atom stereocenters. The topological polar surface area (TPSA) is 55.8 Å². The Kier molecular flexibility index (Phi) is 34.0. The third-order valence-corrected chi connectivity index (χ3v) is 8.33. The minimum absolute atomic E-state index is 0.270. The Morgan fingerprint density at radius 3 is 1.07 bits per heavy atom. The van der Waals surface area contributed by atoms with Crippen LogP contribution < -0.4 is 0 Å². The molecule has 0 heterocycles. The van der Waals surface area contributed by atoms with Gasteiger partial charge in [0.1, 0.15) is 0 Å². The van der Waals surface area contributed by atoms with Crippen molar-refractivity contribution in [2.75, 3.05) is 20.6 Å². The van der Waals surface area contributed by atoms with Crippen LogP contribution in [0.25, 0.3) is 0 Å². The quantitative estimate of drug-likeness (QED) is 0.0305. The number of carbonyl (C=O) groups is 2. The first-order valence-corrected chi connectivity index (χ1v) is 19.3. The van der Waals surface area contributed by atoms with E-state index in [9.17, 15) is 9.59 Å². The van der Waals surface area contributed by atoms with E-state index in [4.69, 9.17) is 9.47 Å². The molecule has 0 radical (unpaired) electrons. The predicted octanol–water partition coefficient (Wildman–Crippen LogP) is 12.0. The van der Waals surface area contributed by atoms with Crippen molar-refractivity contribution < 1.29 is 19.1 Å². The summed E-state index contributed by atoms with van der Waals surface area (Å²) in [5.41, 5.74) is 0. The number of carbonyl (C=O) groups excluding carboxylic acids is 2. The van der Waals surface area contributed by atoms with Crippen LogP contribution in [-0.4, -0.2) is 43.8 Å². The Hall–Kier alpha value is -1.62. The fourth-order valence-electron chi connectivity index (χ4n) is 5.49. The van der Waals surface area contributed by atoms with Crippen LogP contribution in [-0.2, 0) is 19.1 Å². The Morgan fingerprint density at radius 2 is 0.756 bits per heavy atom. The number of rotatable bonds is 34. The third-order valence-electron chi connectivity index (χ3n) is 8.33. The Labute approximate surface area is 280 Å². The lowest BCUT2D eigenvalue weighted by Crippen LogP contribution is -2.34. The van der Waals surface area contributed by atoms with Crippen LogP contribution in [0.5, 0.6) is 0 Å². The zero-order valence-corrected chi connectivity index (χ0v) is 30.5. The monoisotopic (exact) mass is 634 g/mol. The van der Waals surface area contributed by atoms with Crippen molar-refractivity contribution in [3.8, 4) is 0 Å². The molecule has 0 saturated heterocycles. The molecule has 0 aliphatic carbocycles. The summed E-state index contributed by atoms with van der Waals surface area (Å²) in [7, 11) is 3.78. The fraction of sp³-hybridized carbons (Fsp3) is 0.850. The first kappa shape index (κ1) is 43.4. The highest BCUT2D eigenvalue weighted by Gasteiger charge is 2.19. The van der Waals surface area contributed by atoms with Gasteiger partial charge in [-0.1, -0.05) is 141 Å². The van der Waals surface area contributed by atoms with Gasteiger partial charge in [0.05, 0.1) is 6.54 Å². The molecule has 0 aliphatic heterocycles. The van der Waals surface area contributed by atoms with E-state index in [1.54, 1.807) is 0 Å². The van der Waals surface area contributed by atoms with Gasteiger partial charge in [-0.05, 0) is 78.3 Å². The van der Waals surface area contributed by atoms with Crippen molar-refractivity contribution >= 4 is 11.9 Å². The van der Waals surface area contributed by atoms with Crippen LogP contribution in [0.1, 0.15) is 194 Å². The van der Waals surface area contributed by atoms with Crippen molar-refractivity contribution in [2.24, 2.45) is 0 Å². The van der Waals surface area contributed by atoms with Crippen LogP contribution in [0.4, 0.5) is 0 Å². The first-order valence-electron chi connectivity index (χ1n) is 19.3. The van der Waals surface area contributed by atoms with Crippen molar-refractivity contribution in [2.45, 2.75) is 200 Å². The summed E-state index contributed by atoms with van der Waals surface area (Å²) in [4.78, 5) is 26.7. The number of ether oxygens (including phenoxy) is 2. The van der Waals surface area contributed by atoms with Gasteiger partial charge in [-0.3, -0.25) is 9.59 Å². The molecule has 0 aromatic rings. The molecule has 0 unspecified atom stereocenters. The highest BCUT2D eigenvalue weighted by atomic mass is 16.7. The summed E-state index contributed by atoms with van der Waals surface area (Å²) in [6.07, 6.45) is 41.2. The summed E-state index contributed by atoms with van der Waals surface area (Å²) < 4.78 is 11.1. The van der Waals surface area contributed by atoms with Gasteiger partial charge in [0.15, 0.2) is 0 Å². The maximum absolute atomic E-state index is 12.4. The maximum atomic E-state index is 12.4. The molecular formula is C40H75NO4. The molecule has 0 bridgehead atoms. The predicted molar refractivity (Wildman–Crippen MR) is 193 cm³/mol. The summed E-state index contributed by atoms with van der Waals surface area (Å²) in [6, 6.07) is 0. The largest absolute Gasteiger partial charge is 0.424 e. The normalized spacial score (nSPS) is 12.5. The molecule has 264 valence electrons. The lowest BCUT2D eigenvalue weighted by atomic mass is 10.1. The van der Waals surface area contributed by atoms with E-state index < -0.39 is 6.29 Å². The van der Waals surface area contributed by atoms with Gasteiger partial charge in [-0.2, -0.15) is 0 Å². The highest BCUT2D eigenvalue weighted by Crippen LogP contribution is 2.13. The van der Waals surface area contributed by atoms with Crippen molar-refractivity contribution in [3.63, 3.8) is 0 Å². The van der Waals surface area contributed by atoms with Gasteiger partial charge in [0, 0.05) is 12.8 Å². The number of esters is 2. The second kappa shape index (κ2) is 35.2. The zero-order chi connectivity index (χ0) is 33.1. The van der Waals surface area contributed by atoms with Crippen molar-refractivity contribution in [1.29, 1.82) is 0 Å². The van der Waals surface area contributed by atoms with E-state index in [1.807, 2.05) is 19.0 Å². The minimum atomic E-state index is -0.828. The molecule has 0 rings (SSSR count). The second-order valence-corrected chi connectivity index (χ2v) is 13.3. The molecule has 0 aromatic carbocycles. The van der Waals surface area contributed by atoms with Gasteiger partial charge in [-0.25, -0.2) is 0 Å². The minimum Gasteiger partial charge on any atom is -0.424 e. The lowest BCUT2D eigenvalue weighted by Gasteiger charge is -2.21. The van der Waals surface area contributed by atoms with Crippen LogP contribution in [0, 0.1) is 0 Å². The smallest absolute Gasteiger partial charge is 0.308 e. The van der Waals surface area contributed by atoms with Crippen LogP contribution >= 0.6 is 0 Å². The average Bonchev–Trinajstić information content (AvgIpc) is 3.00. The summed E-state index contributed by atoms with van der Waals surface area (Å²) in [5, 5.41) is 0. The molecule has 45 heavy (non-hydrogen) atoms. The third kappa shape index (κ3) is 35.1. The maximum Gasteiger partial charge on any atom is 0.308 e. The van der Waals surface area contributed by atoms with E-state index in [0.29, 0.717) is 19.4 Å². The number of nitrogens with zero attached hydrogens (tertiary/aromatic N) is 1. The Morgan fingerprint density at radius 1 is 0.467 bits per heavy atom. The lowest BCUT2D eigenvalue weighted by molar-refractivity contribution is -0.190. The number of allylic oxidation sites excluding steroid dienone is 4. The van der Waals surface area contributed by atoms with Gasteiger partial charge in [-0.15, -0.1) is 0 Å². The van der Waals surface area contributed by atoms with Crippen LogP contribution in [0.3, 0.4) is 0 Å². The SMILES string of the molecule is CCCCCCCCC=CCCCCCCCC(=O)OC(CN(C)C)OC(=O)CCCCCCCC=CCCCCCCCC. The van der Waals surface area contributed by atoms with Gasteiger partial charge in [0.2, 0.25) is 0 Å². The number of unbranched alkanes of at least 4 members (excludes halogenated alkanes) is 22. The number of hydrogen-bond donors (Lipinski definition) is 0. The molecule has 5 heteroatoms. The molecule has 0 aliphatic rings. The standard InChI is InChI=1S/C40H75NO4/c1-5-7-9-11-13-15-17-19-21-23-25-27-29-31-33-35-38(42)44-40(37-41(3)4)45-39(43)36-34-32-30-28-26-24-22-20-18-16-14-12-10-8-6-2/h19-22,40H,5-18,23-37H2,1-4H3. The summed E-state index contributed by atoms with van der Waals surface area (Å²) in [5.74, 6) is -0.540. The van der Waals surface area contributed by atoms with E-state index >= 15 is 0 Å². The van der Waals surface area contributed by atoms with E-state index in [-0.39, 0.29) is 11.9 Å². The van der Waals surface area contributed by atoms with Gasteiger partial charge in [0.25, 0.3) is 6.29 Å². The van der Waals surface area contributed by atoms with Crippen molar-refractivity contribution in [1.82, 2.24) is 4.90 Å². The zero-order valence-electron chi connectivity index (χ0n) is 30.5. The van der Waals surface area contributed by atoms with E-state index in [2.05, 4.69) is 38.2 Å². The molecular weight excluding hydrogens is 558 g/mol. The molecule has 0 amide bonds. The number of hydrogen-bond acceptors (Lipinski definition) is 5. The molecule has 5 nitrogen and oxygen atoms in total. The van der Waals surface area contributed by atoms with Gasteiger partial charge < -0.3 is 14.4 Å². The molecule has 0 spiro atoms. The second-order valence-electron chi connectivity index (χ2n) is 13.3. The summed E-state index contributed by atoms with van der Waals surface area (Å²) in [6.45, 7) is 4.91. The Balaban J connectivity index is 3.81. The van der Waals surface area contributed by atoms with E-state index in [0.717, 1.165) is 51.4 Å². The molecule has 0 N–H and O–H groups in total. The Bertz CT molecular complexity index is 648.